The number of alkyl halides is 3. The second-order valence-corrected chi connectivity index (χ2v) is 4.47. The average molecular weight is 310 g/mol. The number of rotatable bonds is 4. The zero-order valence-electron chi connectivity index (χ0n) is 11.7. The third-order valence-electron chi connectivity index (χ3n) is 2.95. The molecule has 0 heterocycles. The smallest absolute Gasteiger partial charge is 0.416 e. The van der Waals surface area contributed by atoms with Crippen molar-refractivity contribution >= 4 is 5.97 Å². The van der Waals surface area contributed by atoms with Gasteiger partial charge >= 0.3 is 12.1 Å². The molecule has 0 N–H and O–H groups in total. The van der Waals surface area contributed by atoms with Crippen molar-refractivity contribution in [1.29, 1.82) is 0 Å². The maximum absolute atomic E-state index is 12.8. The molecule has 0 fully saturated rings. The van der Waals surface area contributed by atoms with Crippen LogP contribution in [0.3, 0.4) is 0 Å². The molecule has 0 amide bonds. The van der Waals surface area contributed by atoms with Gasteiger partial charge in [0.1, 0.15) is 17.9 Å². The van der Waals surface area contributed by atoms with E-state index in [9.17, 15) is 18.0 Å². The molecule has 6 heteroatoms. The minimum absolute atomic E-state index is 0.0478. The number of halogens is 3. The summed E-state index contributed by atoms with van der Waals surface area (Å²) in [5.74, 6) is -0.915. The number of benzene rings is 2. The highest BCUT2D eigenvalue weighted by atomic mass is 19.4. The fourth-order valence-electron chi connectivity index (χ4n) is 1.83. The Bertz CT molecular complexity index is 651. The summed E-state index contributed by atoms with van der Waals surface area (Å²) in [5.41, 5.74) is -0.162. The van der Waals surface area contributed by atoms with Gasteiger partial charge in [-0.3, -0.25) is 0 Å². The molecule has 0 aliphatic heterocycles. The van der Waals surface area contributed by atoms with Crippen molar-refractivity contribution in [2.75, 3.05) is 7.11 Å². The van der Waals surface area contributed by atoms with Gasteiger partial charge in [-0.25, -0.2) is 4.79 Å². The van der Waals surface area contributed by atoms with Gasteiger partial charge < -0.3 is 9.47 Å². The van der Waals surface area contributed by atoms with E-state index in [0.29, 0.717) is 0 Å². The minimum atomic E-state index is -4.51. The van der Waals surface area contributed by atoms with E-state index in [1.165, 1.54) is 0 Å². The van der Waals surface area contributed by atoms with Crippen LogP contribution in [0.15, 0.2) is 48.5 Å². The van der Waals surface area contributed by atoms with Crippen molar-refractivity contribution in [3.8, 4) is 5.75 Å². The third-order valence-corrected chi connectivity index (χ3v) is 2.95. The van der Waals surface area contributed by atoms with Gasteiger partial charge in [0.2, 0.25) is 0 Å². The van der Waals surface area contributed by atoms with Gasteiger partial charge in [-0.05, 0) is 23.8 Å². The first-order valence-corrected chi connectivity index (χ1v) is 6.38. The highest BCUT2D eigenvalue weighted by Crippen LogP contribution is 2.33. The van der Waals surface area contributed by atoms with Gasteiger partial charge in [0.15, 0.2) is 0 Å². The Morgan fingerprint density at radius 1 is 1.09 bits per heavy atom. The molecule has 0 aliphatic carbocycles. The van der Waals surface area contributed by atoms with Gasteiger partial charge in [-0.2, -0.15) is 13.2 Å². The molecule has 0 bridgehead atoms. The summed E-state index contributed by atoms with van der Waals surface area (Å²) >= 11 is 0. The third kappa shape index (κ3) is 3.78. The molecule has 0 radical (unpaired) electrons. The van der Waals surface area contributed by atoms with Gasteiger partial charge in [0.05, 0.1) is 12.7 Å². The fraction of sp³-hybridized carbons (Fsp3) is 0.188. The van der Waals surface area contributed by atoms with Crippen molar-refractivity contribution in [3.05, 3.63) is 65.2 Å². The van der Waals surface area contributed by atoms with E-state index in [0.717, 1.165) is 30.9 Å². The van der Waals surface area contributed by atoms with E-state index in [-0.39, 0.29) is 17.9 Å². The van der Waals surface area contributed by atoms with E-state index in [4.69, 9.17) is 4.74 Å². The molecule has 0 aliphatic rings. The number of carbonyl (C=O) groups is 1. The molecule has 22 heavy (non-hydrogen) atoms. The van der Waals surface area contributed by atoms with Crippen LogP contribution >= 0.6 is 0 Å². The maximum atomic E-state index is 12.8. The summed E-state index contributed by atoms with van der Waals surface area (Å²) in [7, 11) is 1.15. The number of esters is 1. The Morgan fingerprint density at radius 2 is 1.77 bits per heavy atom. The topological polar surface area (TPSA) is 35.5 Å². The Hall–Kier alpha value is -2.50. The molecule has 2 aromatic rings. The highest BCUT2D eigenvalue weighted by Gasteiger charge is 2.32. The molecule has 0 aromatic heterocycles. The van der Waals surface area contributed by atoms with Crippen LogP contribution in [0.5, 0.6) is 5.75 Å². The van der Waals surface area contributed by atoms with Gasteiger partial charge in [0, 0.05) is 0 Å². The molecule has 116 valence electrons. The lowest BCUT2D eigenvalue weighted by atomic mass is 10.1. The van der Waals surface area contributed by atoms with Crippen molar-refractivity contribution < 1.29 is 27.4 Å². The average Bonchev–Trinajstić information content (AvgIpc) is 2.52. The number of hydrogen-bond donors (Lipinski definition) is 0. The van der Waals surface area contributed by atoms with Crippen molar-refractivity contribution in [1.82, 2.24) is 0 Å². The molecule has 0 unspecified atom stereocenters. The van der Waals surface area contributed by atoms with Crippen LogP contribution < -0.4 is 4.74 Å². The van der Waals surface area contributed by atoms with E-state index in [2.05, 4.69) is 4.74 Å². The first kappa shape index (κ1) is 15.9. The second kappa shape index (κ2) is 6.51. The summed E-state index contributed by atoms with van der Waals surface area (Å²) in [6, 6.07) is 11.6. The zero-order valence-corrected chi connectivity index (χ0v) is 11.7. The van der Waals surface area contributed by atoms with Crippen molar-refractivity contribution in [2.24, 2.45) is 0 Å². The van der Waals surface area contributed by atoms with E-state index < -0.39 is 17.7 Å². The Labute approximate surface area is 125 Å². The number of ether oxygens (including phenoxy) is 2. The molecule has 3 nitrogen and oxygen atoms in total. The predicted molar refractivity (Wildman–Crippen MR) is 73.6 cm³/mol. The summed E-state index contributed by atoms with van der Waals surface area (Å²) in [6.07, 6.45) is -4.51. The first-order chi connectivity index (χ1) is 10.4. The number of methoxy groups -OCH3 is 1. The van der Waals surface area contributed by atoms with Crippen LogP contribution in [0.2, 0.25) is 0 Å². The molecule has 2 rings (SSSR count). The quantitative estimate of drug-likeness (QED) is 0.799. The standard InChI is InChI=1S/C16H13F3O3/c1-21-15(20)13-8-7-12(16(17,18)19)9-14(13)22-10-11-5-3-2-4-6-11/h2-9H,10H2,1H3. The Morgan fingerprint density at radius 3 is 2.36 bits per heavy atom. The van der Waals surface area contributed by atoms with Gasteiger partial charge in [-0.1, -0.05) is 30.3 Å². The summed E-state index contributed by atoms with van der Waals surface area (Å²) < 4.78 is 48.3. The summed E-state index contributed by atoms with van der Waals surface area (Å²) in [5, 5.41) is 0. The van der Waals surface area contributed by atoms with Crippen LogP contribution in [0, 0.1) is 0 Å². The molecule has 2 aromatic carbocycles. The largest absolute Gasteiger partial charge is 0.488 e. The molecule has 0 saturated carbocycles. The molecule has 0 atom stereocenters. The molecular weight excluding hydrogens is 297 g/mol. The van der Waals surface area contributed by atoms with Crippen LogP contribution in [0.4, 0.5) is 13.2 Å². The SMILES string of the molecule is COC(=O)c1ccc(C(F)(F)F)cc1OCc1ccccc1. The first-order valence-electron chi connectivity index (χ1n) is 6.38. The maximum Gasteiger partial charge on any atom is 0.416 e. The molecular formula is C16H13F3O3. The highest BCUT2D eigenvalue weighted by molar-refractivity contribution is 5.92. The van der Waals surface area contributed by atoms with Gasteiger partial charge in [0.25, 0.3) is 0 Å². The zero-order chi connectivity index (χ0) is 16.2. The molecule has 0 spiro atoms. The van der Waals surface area contributed by atoms with Crippen molar-refractivity contribution in [3.63, 3.8) is 0 Å². The van der Waals surface area contributed by atoms with Gasteiger partial charge in [-0.15, -0.1) is 0 Å². The predicted octanol–water partition coefficient (Wildman–Crippen LogP) is 4.07. The summed E-state index contributed by atoms with van der Waals surface area (Å²) in [4.78, 5) is 11.6. The van der Waals surface area contributed by atoms with Crippen LogP contribution in [-0.2, 0) is 17.5 Å². The lowest BCUT2D eigenvalue weighted by Crippen LogP contribution is -2.10. The monoisotopic (exact) mass is 310 g/mol. The molecule has 0 saturated heterocycles. The number of carbonyl (C=O) groups excluding carboxylic acids is 1. The van der Waals surface area contributed by atoms with Crippen molar-refractivity contribution in [2.45, 2.75) is 12.8 Å². The second-order valence-electron chi connectivity index (χ2n) is 4.47. The lowest BCUT2D eigenvalue weighted by Gasteiger charge is -2.13. The lowest BCUT2D eigenvalue weighted by molar-refractivity contribution is -0.137. The summed E-state index contributed by atoms with van der Waals surface area (Å²) in [6.45, 7) is 0.0478. The van der Waals surface area contributed by atoms with E-state index >= 15 is 0 Å². The minimum Gasteiger partial charge on any atom is -0.488 e. The van der Waals surface area contributed by atoms with Crippen LogP contribution in [0.25, 0.3) is 0 Å². The fourth-order valence-corrected chi connectivity index (χ4v) is 1.83. The number of hydrogen-bond acceptors (Lipinski definition) is 3. The van der Waals surface area contributed by atoms with E-state index in [1.54, 1.807) is 24.3 Å². The van der Waals surface area contributed by atoms with E-state index in [1.807, 2.05) is 6.07 Å². The Kier molecular flexibility index (Phi) is 4.70. The Balaban J connectivity index is 2.31. The normalized spacial score (nSPS) is 11.1. The van der Waals surface area contributed by atoms with Crippen LogP contribution in [-0.4, -0.2) is 13.1 Å². The van der Waals surface area contributed by atoms with Crippen LogP contribution in [0.1, 0.15) is 21.5 Å².